The molecule has 0 heterocycles. The molecule has 1 aromatic carbocycles. The third-order valence-corrected chi connectivity index (χ3v) is 2.67. The number of hydrogen-bond acceptors (Lipinski definition) is 2. The van der Waals surface area contributed by atoms with Crippen molar-refractivity contribution >= 4 is 5.91 Å². The molecule has 2 N–H and O–H groups in total. The van der Waals surface area contributed by atoms with E-state index in [1.165, 1.54) is 12.1 Å². The fraction of sp³-hybridized carbons (Fsp3) is 0.533. The summed E-state index contributed by atoms with van der Waals surface area (Å²) in [4.78, 5) is 11.6. The van der Waals surface area contributed by atoms with E-state index in [1.807, 2.05) is 27.7 Å². The summed E-state index contributed by atoms with van der Waals surface area (Å²) in [6.45, 7) is 8.96. The first-order chi connectivity index (χ1) is 8.78. The second-order valence-electron chi connectivity index (χ2n) is 5.80. The van der Waals surface area contributed by atoms with Gasteiger partial charge >= 0.3 is 0 Å². The van der Waals surface area contributed by atoms with E-state index >= 15 is 0 Å². The van der Waals surface area contributed by atoms with Gasteiger partial charge in [-0.15, -0.1) is 0 Å². The van der Waals surface area contributed by atoms with Gasteiger partial charge in [0.25, 0.3) is 0 Å². The van der Waals surface area contributed by atoms with Gasteiger partial charge in [-0.3, -0.25) is 4.79 Å². The Labute approximate surface area is 114 Å². The summed E-state index contributed by atoms with van der Waals surface area (Å²) in [5, 5.41) is 6.06. The molecule has 0 unspecified atom stereocenters. The molecule has 0 radical (unpaired) electrons. The molecule has 1 rings (SSSR count). The summed E-state index contributed by atoms with van der Waals surface area (Å²) < 4.78 is 13.1. The van der Waals surface area contributed by atoms with Gasteiger partial charge in [0.15, 0.2) is 0 Å². The first-order valence-electron chi connectivity index (χ1n) is 6.55. The van der Waals surface area contributed by atoms with Crippen LogP contribution in [0.1, 0.15) is 38.3 Å². The maximum absolute atomic E-state index is 13.1. The molecule has 1 amide bonds. The molecule has 0 spiro atoms. The summed E-state index contributed by atoms with van der Waals surface area (Å²) in [5.74, 6) is -0.205. The molecule has 0 aliphatic heterocycles. The predicted molar refractivity (Wildman–Crippen MR) is 75.4 cm³/mol. The zero-order valence-corrected chi connectivity index (χ0v) is 12.1. The van der Waals surface area contributed by atoms with Crippen molar-refractivity contribution in [3.05, 3.63) is 35.1 Å². The number of carbonyl (C=O) groups is 1. The van der Waals surface area contributed by atoms with Gasteiger partial charge in [0.1, 0.15) is 5.82 Å². The molecular weight excluding hydrogens is 243 g/mol. The van der Waals surface area contributed by atoms with Crippen LogP contribution in [0, 0.1) is 12.7 Å². The first-order valence-corrected chi connectivity index (χ1v) is 6.55. The van der Waals surface area contributed by atoms with E-state index in [0.717, 1.165) is 11.1 Å². The Balaban J connectivity index is 2.31. The second kappa shape index (κ2) is 6.66. The third-order valence-electron chi connectivity index (χ3n) is 2.67. The number of nitrogens with one attached hydrogen (secondary N) is 2. The molecule has 106 valence electrons. The van der Waals surface area contributed by atoms with Gasteiger partial charge in [-0.1, -0.05) is 6.07 Å². The fourth-order valence-electron chi connectivity index (χ4n) is 1.74. The molecule has 3 nitrogen and oxygen atoms in total. The van der Waals surface area contributed by atoms with Gasteiger partial charge in [0.2, 0.25) is 5.91 Å². The third kappa shape index (κ3) is 6.34. The van der Waals surface area contributed by atoms with E-state index in [1.54, 1.807) is 6.07 Å². The number of halogens is 1. The van der Waals surface area contributed by atoms with Crippen LogP contribution in [0.4, 0.5) is 4.39 Å². The highest BCUT2D eigenvalue weighted by atomic mass is 19.1. The minimum absolute atomic E-state index is 0.0240. The largest absolute Gasteiger partial charge is 0.351 e. The van der Waals surface area contributed by atoms with Crippen molar-refractivity contribution in [1.29, 1.82) is 0 Å². The van der Waals surface area contributed by atoms with Gasteiger partial charge < -0.3 is 10.6 Å². The van der Waals surface area contributed by atoms with Crippen LogP contribution in [0.2, 0.25) is 0 Å². The Bertz CT molecular complexity index is 438. The molecule has 0 bridgehead atoms. The fourth-order valence-corrected chi connectivity index (χ4v) is 1.74. The van der Waals surface area contributed by atoms with Crippen LogP contribution in [-0.4, -0.2) is 18.0 Å². The Morgan fingerprint density at radius 2 is 2.00 bits per heavy atom. The van der Waals surface area contributed by atoms with Crippen LogP contribution in [-0.2, 0) is 11.3 Å². The van der Waals surface area contributed by atoms with Gasteiger partial charge in [0.05, 0.1) is 0 Å². The number of amides is 1. The van der Waals surface area contributed by atoms with Crippen LogP contribution in [0.25, 0.3) is 0 Å². The Hall–Kier alpha value is -1.42. The lowest BCUT2D eigenvalue weighted by Gasteiger charge is -2.20. The molecule has 19 heavy (non-hydrogen) atoms. The van der Waals surface area contributed by atoms with E-state index in [-0.39, 0.29) is 17.3 Å². The lowest BCUT2D eigenvalue weighted by atomic mass is 10.1. The summed E-state index contributed by atoms with van der Waals surface area (Å²) in [6.07, 6.45) is 0.422. The molecule has 0 atom stereocenters. The number of benzene rings is 1. The number of aryl methyl sites for hydroxylation is 1. The second-order valence-corrected chi connectivity index (χ2v) is 5.80. The van der Waals surface area contributed by atoms with Crippen molar-refractivity contribution in [1.82, 2.24) is 10.6 Å². The van der Waals surface area contributed by atoms with Gasteiger partial charge in [-0.05, 0) is 51.0 Å². The standard InChI is InChI=1S/C15H23FN2O/c1-11-5-6-13(16)9-12(11)10-17-8-7-14(19)18-15(2,3)4/h5-6,9,17H,7-8,10H2,1-4H3,(H,18,19). The normalized spacial score (nSPS) is 11.4. The number of hydrogen-bond donors (Lipinski definition) is 2. The van der Waals surface area contributed by atoms with E-state index in [2.05, 4.69) is 10.6 Å². The lowest BCUT2D eigenvalue weighted by Crippen LogP contribution is -2.41. The smallest absolute Gasteiger partial charge is 0.221 e. The number of carbonyl (C=O) groups excluding carboxylic acids is 1. The first kappa shape index (κ1) is 15.6. The SMILES string of the molecule is Cc1ccc(F)cc1CNCCC(=O)NC(C)(C)C. The summed E-state index contributed by atoms with van der Waals surface area (Å²) in [5.41, 5.74) is 1.78. The zero-order valence-electron chi connectivity index (χ0n) is 12.1. The Morgan fingerprint density at radius 1 is 1.32 bits per heavy atom. The van der Waals surface area contributed by atoms with Crippen molar-refractivity contribution in [3.8, 4) is 0 Å². The molecule has 0 saturated carbocycles. The lowest BCUT2D eigenvalue weighted by molar-refractivity contribution is -0.122. The quantitative estimate of drug-likeness (QED) is 0.804. The molecule has 1 aromatic rings. The monoisotopic (exact) mass is 266 g/mol. The highest BCUT2D eigenvalue weighted by molar-refractivity contribution is 5.76. The van der Waals surface area contributed by atoms with Gasteiger partial charge in [-0.25, -0.2) is 4.39 Å². The van der Waals surface area contributed by atoms with E-state index in [4.69, 9.17) is 0 Å². The summed E-state index contributed by atoms with van der Waals surface area (Å²) in [6, 6.07) is 4.74. The van der Waals surface area contributed by atoms with Crippen LogP contribution < -0.4 is 10.6 Å². The number of rotatable bonds is 5. The average Bonchev–Trinajstić information content (AvgIpc) is 2.26. The van der Waals surface area contributed by atoms with Gasteiger partial charge in [0, 0.05) is 25.0 Å². The van der Waals surface area contributed by atoms with Crippen molar-refractivity contribution in [2.45, 2.75) is 46.2 Å². The molecule has 4 heteroatoms. The Morgan fingerprint density at radius 3 is 2.63 bits per heavy atom. The zero-order chi connectivity index (χ0) is 14.5. The average molecular weight is 266 g/mol. The van der Waals surface area contributed by atoms with E-state index in [9.17, 15) is 9.18 Å². The molecule has 0 saturated heterocycles. The minimum atomic E-state index is -0.229. The molecule has 0 aliphatic carbocycles. The van der Waals surface area contributed by atoms with Crippen LogP contribution in [0.15, 0.2) is 18.2 Å². The van der Waals surface area contributed by atoms with Crippen molar-refractivity contribution in [3.63, 3.8) is 0 Å². The van der Waals surface area contributed by atoms with Crippen LogP contribution >= 0.6 is 0 Å². The molecule has 0 aromatic heterocycles. The van der Waals surface area contributed by atoms with Crippen molar-refractivity contribution in [2.24, 2.45) is 0 Å². The molecule has 0 fully saturated rings. The maximum Gasteiger partial charge on any atom is 0.221 e. The minimum Gasteiger partial charge on any atom is -0.351 e. The molecular formula is C15H23FN2O. The van der Waals surface area contributed by atoms with Crippen LogP contribution in [0.5, 0.6) is 0 Å². The summed E-state index contributed by atoms with van der Waals surface area (Å²) >= 11 is 0. The molecule has 0 aliphatic rings. The van der Waals surface area contributed by atoms with E-state index in [0.29, 0.717) is 19.5 Å². The highest BCUT2D eigenvalue weighted by Crippen LogP contribution is 2.09. The topological polar surface area (TPSA) is 41.1 Å². The predicted octanol–water partition coefficient (Wildman–Crippen LogP) is 2.53. The summed E-state index contributed by atoms with van der Waals surface area (Å²) in [7, 11) is 0. The van der Waals surface area contributed by atoms with Gasteiger partial charge in [-0.2, -0.15) is 0 Å². The van der Waals surface area contributed by atoms with E-state index < -0.39 is 0 Å². The van der Waals surface area contributed by atoms with Crippen molar-refractivity contribution in [2.75, 3.05) is 6.54 Å². The Kier molecular flexibility index (Phi) is 5.48. The maximum atomic E-state index is 13.1. The highest BCUT2D eigenvalue weighted by Gasteiger charge is 2.12. The van der Waals surface area contributed by atoms with Crippen LogP contribution in [0.3, 0.4) is 0 Å². The van der Waals surface area contributed by atoms with Crippen molar-refractivity contribution < 1.29 is 9.18 Å².